The van der Waals surface area contributed by atoms with Crippen LogP contribution < -0.4 is 15.6 Å². The standard InChI is InChI=1S/C15H27N7O2S/c1-16-21-13-25(23)19-15(21)17-6-5-9-24-22-12-14(10-18-22)11-20-7-3-2-4-8-20/h10,12,16H,2-9,11,13H2,1H3,(H,17,19). The van der Waals surface area contributed by atoms with Crippen molar-refractivity contribution in [3.05, 3.63) is 18.0 Å². The van der Waals surface area contributed by atoms with Crippen LogP contribution in [0.5, 0.6) is 0 Å². The lowest BCUT2D eigenvalue weighted by Gasteiger charge is -2.25. The molecule has 1 aromatic rings. The molecule has 2 N–H and O–H groups in total. The summed E-state index contributed by atoms with van der Waals surface area (Å²) in [6.07, 6.45) is 8.56. The van der Waals surface area contributed by atoms with Crippen LogP contribution in [0.3, 0.4) is 0 Å². The zero-order valence-corrected chi connectivity index (χ0v) is 15.5. The molecule has 0 aliphatic carbocycles. The summed E-state index contributed by atoms with van der Waals surface area (Å²) in [5, 5.41) is 9.15. The van der Waals surface area contributed by atoms with Crippen molar-refractivity contribution in [2.24, 2.45) is 4.40 Å². The van der Waals surface area contributed by atoms with Crippen LogP contribution in [-0.2, 0) is 17.9 Å². The Balaban J connectivity index is 1.32. The summed E-state index contributed by atoms with van der Waals surface area (Å²) in [6.45, 7) is 4.54. The van der Waals surface area contributed by atoms with Crippen LogP contribution in [0.25, 0.3) is 0 Å². The van der Waals surface area contributed by atoms with Crippen LogP contribution in [0.2, 0.25) is 0 Å². The van der Waals surface area contributed by atoms with Gasteiger partial charge in [0.2, 0.25) is 5.88 Å². The van der Waals surface area contributed by atoms with Gasteiger partial charge in [-0.15, -0.1) is 9.94 Å². The van der Waals surface area contributed by atoms with Crippen molar-refractivity contribution in [1.29, 1.82) is 0 Å². The van der Waals surface area contributed by atoms with Gasteiger partial charge in [0, 0.05) is 32.1 Å². The van der Waals surface area contributed by atoms with Crippen LogP contribution >= 0.6 is 0 Å². The minimum Gasteiger partial charge on any atom is -0.590 e. The lowest BCUT2D eigenvalue weighted by molar-refractivity contribution is 0.0807. The largest absolute Gasteiger partial charge is 0.590 e. The Hall–Kier alpha value is -1.49. The maximum atomic E-state index is 11.4. The normalized spacial score (nSPS) is 21.4. The summed E-state index contributed by atoms with van der Waals surface area (Å²) in [6, 6.07) is 0. The Kier molecular flexibility index (Phi) is 6.79. The van der Waals surface area contributed by atoms with E-state index in [0.29, 0.717) is 25.0 Å². The molecule has 1 aromatic heterocycles. The first-order chi connectivity index (χ1) is 12.2. The van der Waals surface area contributed by atoms with E-state index >= 15 is 0 Å². The molecule has 25 heavy (non-hydrogen) atoms. The zero-order chi connectivity index (χ0) is 17.5. The smallest absolute Gasteiger partial charge is 0.266 e. The van der Waals surface area contributed by atoms with Gasteiger partial charge in [-0.25, -0.2) is 10.4 Å². The first kappa shape index (κ1) is 18.3. The third-order valence-electron chi connectivity index (χ3n) is 4.25. The van der Waals surface area contributed by atoms with E-state index < -0.39 is 11.4 Å². The Morgan fingerprint density at radius 3 is 2.96 bits per heavy atom. The van der Waals surface area contributed by atoms with Crippen molar-refractivity contribution >= 4 is 17.3 Å². The van der Waals surface area contributed by atoms with Gasteiger partial charge in [0.25, 0.3) is 5.96 Å². The molecule has 3 heterocycles. The van der Waals surface area contributed by atoms with Gasteiger partial charge in [-0.1, -0.05) is 6.42 Å². The molecule has 0 spiro atoms. The number of nitrogens with zero attached hydrogens (tertiary/aromatic N) is 5. The number of nitrogens with one attached hydrogen (secondary N) is 2. The highest BCUT2D eigenvalue weighted by Gasteiger charge is 2.26. The molecule has 0 amide bonds. The van der Waals surface area contributed by atoms with Gasteiger partial charge in [0.1, 0.15) is 18.0 Å². The molecule has 0 radical (unpaired) electrons. The molecule has 1 fully saturated rings. The summed E-state index contributed by atoms with van der Waals surface area (Å²) >= 11 is -1.18. The molecule has 2 aliphatic heterocycles. The number of hydrogen-bond donors (Lipinski definition) is 2. The van der Waals surface area contributed by atoms with Gasteiger partial charge in [0.15, 0.2) is 0 Å². The fraction of sp³-hybridized carbons (Fsp3) is 0.733. The highest BCUT2D eigenvalue weighted by Crippen LogP contribution is 2.12. The second kappa shape index (κ2) is 9.27. The van der Waals surface area contributed by atoms with E-state index in [4.69, 9.17) is 4.84 Å². The van der Waals surface area contributed by atoms with Crippen LogP contribution in [0.4, 0.5) is 0 Å². The number of rotatable bonds is 8. The Labute approximate surface area is 151 Å². The minimum absolute atomic E-state index is 0.377. The molecule has 140 valence electrons. The average molecular weight is 369 g/mol. The van der Waals surface area contributed by atoms with E-state index in [0.717, 1.165) is 13.0 Å². The van der Waals surface area contributed by atoms with E-state index in [1.165, 1.54) is 37.9 Å². The molecule has 1 atom stereocenters. The van der Waals surface area contributed by atoms with E-state index in [2.05, 4.69) is 25.1 Å². The molecule has 0 aromatic carbocycles. The zero-order valence-electron chi connectivity index (χ0n) is 14.7. The predicted molar refractivity (Wildman–Crippen MR) is 96.8 cm³/mol. The number of piperidine rings is 1. The molecule has 3 rings (SSSR count). The fourth-order valence-electron chi connectivity index (χ4n) is 2.94. The molecule has 1 unspecified atom stereocenters. The topological polar surface area (TPSA) is 93.0 Å². The maximum absolute atomic E-state index is 11.4. The van der Waals surface area contributed by atoms with Crippen LogP contribution in [0.1, 0.15) is 31.2 Å². The summed E-state index contributed by atoms with van der Waals surface area (Å²) in [5.41, 5.74) is 4.13. The second-order valence-electron chi connectivity index (χ2n) is 6.22. The quantitative estimate of drug-likeness (QED) is 0.480. The Morgan fingerprint density at radius 1 is 1.32 bits per heavy atom. The number of likely N-dealkylation sites (tertiary alicyclic amines) is 1. The number of hydrazine groups is 1. The van der Waals surface area contributed by atoms with Crippen molar-refractivity contribution in [2.75, 3.05) is 39.2 Å². The molecule has 9 nitrogen and oxygen atoms in total. The second-order valence-corrected chi connectivity index (χ2v) is 7.30. The van der Waals surface area contributed by atoms with E-state index in [1.54, 1.807) is 16.9 Å². The van der Waals surface area contributed by atoms with Gasteiger partial charge in [-0.05, 0) is 30.3 Å². The van der Waals surface area contributed by atoms with Crippen LogP contribution in [0.15, 0.2) is 16.8 Å². The lowest BCUT2D eigenvalue weighted by atomic mass is 10.1. The average Bonchev–Trinajstić information content (AvgIpc) is 3.21. The summed E-state index contributed by atoms with van der Waals surface area (Å²) in [4.78, 5) is 9.64. The van der Waals surface area contributed by atoms with E-state index in [-0.39, 0.29) is 0 Å². The predicted octanol–water partition coefficient (Wildman–Crippen LogP) is -0.295. The SMILES string of the molecule is CNN1C[S+]([O-])N=C1NCCCOn1cc(CN2CCCCC2)cn1. The molecule has 1 saturated heterocycles. The van der Waals surface area contributed by atoms with Crippen molar-refractivity contribution in [2.45, 2.75) is 32.2 Å². The summed E-state index contributed by atoms with van der Waals surface area (Å²) in [7, 11) is 1.78. The first-order valence-corrected chi connectivity index (χ1v) is 10.1. The molecular weight excluding hydrogens is 342 g/mol. The summed E-state index contributed by atoms with van der Waals surface area (Å²) in [5.74, 6) is 0.992. The van der Waals surface area contributed by atoms with Gasteiger partial charge >= 0.3 is 0 Å². The number of aromatic nitrogens is 2. The minimum atomic E-state index is -1.18. The van der Waals surface area contributed by atoms with Crippen LogP contribution in [0, 0.1) is 0 Å². The fourth-order valence-corrected chi connectivity index (χ4v) is 3.83. The number of hydrogen-bond acceptors (Lipinski definition) is 8. The lowest BCUT2D eigenvalue weighted by Crippen LogP contribution is -2.45. The van der Waals surface area contributed by atoms with Crippen LogP contribution in [-0.4, -0.2) is 69.5 Å². The van der Waals surface area contributed by atoms with Crippen molar-refractivity contribution in [3.8, 4) is 0 Å². The van der Waals surface area contributed by atoms with Gasteiger partial charge in [-0.2, -0.15) is 0 Å². The maximum Gasteiger partial charge on any atom is 0.266 e. The van der Waals surface area contributed by atoms with Crippen molar-refractivity contribution < 1.29 is 9.39 Å². The Bertz CT molecular complexity index is 562. The molecule has 10 heteroatoms. The first-order valence-electron chi connectivity index (χ1n) is 8.80. The summed E-state index contributed by atoms with van der Waals surface area (Å²) < 4.78 is 15.4. The van der Waals surface area contributed by atoms with E-state index in [1.807, 2.05) is 12.4 Å². The third-order valence-corrected chi connectivity index (χ3v) is 5.11. The van der Waals surface area contributed by atoms with Crippen molar-refractivity contribution in [1.82, 2.24) is 30.6 Å². The highest BCUT2D eigenvalue weighted by molar-refractivity contribution is 7.90. The molecule has 0 saturated carbocycles. The van der Waals surface area contributed by atoms with Gasteiger partial charge in [-0.3, -0.25) is 4.90 Å². The molecule has 2 aliphatic rings. The molecular formula is C15H27N7O2S. The van der Waals surface area contributed by atoms with Gasteiger partial charge < -0.3 is 14.7 Å². The molecule has 0 bridgehead atoms. The highest BCUT2D eigenvalue weighted by atomic mass is 32.2. The third kappa shape index (κ3) is 5.50. The number of guanidine groups is 1. The van der Waals surface area contributed by atoms with Crippen molar-refractivity contribution in [3.63, 3.8) is 0 Å². The Morgan fingerprint density at radius 2 is 2.16 bits per heavy atom. The van der Waals surface area contributed by atoms with Gasteiger partial charge in [0.05, 0.1) is 12.4 Å². The van der Waals surface area contributed by atoms with E-state index in [9.17, 15) is 4.55 Å². The monoisotopic (exact) mass is 369 g/mol.